The van der Waals surface area contributed by atoms with Crippen LogP contribution in [0.5, 0.6) is 0 Å². The Morgan fingerprint density at radius 1 is 1.38 bits per heavy atom. The molecule has 1 fully saturated rings. The molecule has 7 nitrogen and oxygen atoms in total. The first kappa shape index (κ1) is 16.8. The van der Waals surface area contributed by atoms with Crippen LogP contribution in [0.15, 0.2) is 35.4 Å². The Hall–Kier alpha value is -2.03. The van der Waals surface area contributed by atoms with E-state index < -0.39 is 28.1 Å². The molecule has 1 aliphatic rings. The van der Waals surface area contributed by atoms with Gasteiger partial charge in [-0.2, -0.15) is 4.31 Å². The molecule has 1 saturated heterocycles. The van der Waals surface area contributed by atoms with Gasteiger partial charge >= 0.3 is 5.97 Å². The van der Waals surface area contributed by atoms with Crippen LogP contribution in [0.1, 0.15) is 12.0 Å². The van der Waals surface area contributed by atoms with Crippen LogP contribution >= 0.6 is 0 Å². The molecule has 128 valence electrons. The number of methoxy groups -OCH3 is 1. The van der Waals surface area contributed by atoms with E-state index in [1.807, 2.05) is 6.92 Å². The van der Waals surface area contributed by atoms with Crippen molar-refractivity contribution in [2.75, 3.05) is 13.7 Å². The number of aromatic nitrogens is 1. The zero-order valence-electron chi connectivity index (χ0n) is 13.3. The van der Waals surface area contributed by atoms with E-state index in [2.05, 4.69) is 4.98 Å². The smallest absolute Gasteiger partial charge is 0.322 e. The van der Waals surface area contributed by atoms with Crippen molar-refractivity contribution < 1.29 is 23.1 Å². The van der Waals surface area contributed by atoms with Crippen molar-refractivity contribution >= 4 is 26.9 Å². The molecule has 1 aromatic heterocycles. The molecule has 0 spiro atoms. The van der Waals surface area contributed by atoms with Gasteiger partial charge in [0.15, 0.2) is 0 Å². The second kappa shape index (κ2) is 6.12. The van der Waals surface area contributed by atoms with Crippen LogP contribution in [0.2, 0.25) is 0 Å². The number of hydrogen-bond acceptors (Lipinski definition) is 5. The zero-order valence-corrected chi connectivity index (χ0v) is 14.2. The van der Waals surface area contributed by atoms with Gasteiger partial charge in [-0.05, 0) is 30.7 Å². The second-order valence-electron chi connectivity index (χ2n) is 5.80. The molecule has 8 heteroatoms. The number of nitrogens with zero attached hydrogens (tertiary/aromatic N) is 2. The third-order valence-corrected chi connectivity index (χ3v) is 6.29. The normalized spacial score (nSPS) is 22.1. The number of carboxylic acid groups (broad SMARTS) is 1. The van der Waals surface area contributed by atoms with Crippen LogP contribution in [0, 0.1) is 6.92 Å². The lowest BCUT2D eigenvalue weighted by molar-refractivity contribution is -0.140. The van der Waals surface area contributed by atoms with Crippen molar-refractivity contribution in [3.05, 3.63) is 36.0 Å². The standard InChI is InChI=1S/C16H18N2O5S/c1-10-5-6-14(12-4-3-7-17-15(10)12)24(21,22)18-9-11(23-2)8-13(18)16(19)20/h3-7,11,13H,8-9H2,1-2H3,(H,19,20)/t11-,13+/m1/s1. The van der Waals surface area contributed by atoms with Gasteiger partial charge < -0.3 is 9.84 Å². The minimum atomic E-state index is -3.99. The Bertz CT molecular complexity index is 896. The Balaban J connectivity index is 2.15. The molecule has 0 amide bonds. The molecule has 1 aromatic carbocycles. The average molecular weight is 350 g/mol. The Morgan fingerprint density at radius 3 is 2.79 bits per heavy atom. The number of carboxylic acids is 1. The Kier molecular flexibility index (Phi) is 4.29. The number of pyridine rings is 1. The topological polar surface area (TPSA) is 96.8 Å². The van der Waals surface area contributed by atoms with E-state index in [1.54, 1.807) is 24.4 Å². The first-order valence-corrected chi connectivity index (χ1v) is 8.92. The number of carbonyl (C=O) groups is 1. The molecule has 0 bridgehead atoms. The van der Waals surface area contributed by atoms with Crippen LogP contribution < -0.4 is 0 Å². The van der Waals surface area contributed by atoms with Gasteiger partial charge in [-0.3, -0.25) is 9.78 Å². The van der Waals surface area contributed by atoms with Crippen molar-refractivity contribution in [1.82, 2.24) is 9.29 Å². The fraction of sp³-hybridized carbons (Fsp3) is 0.375. The van der Waals surface area contributed by atoms with E-state index in [1.165, 1.54) is 13.2 Å². The molecule has 0 saturated carbocycles. The summed E-state index contributed by atoms with van der Waals surface area (Å²) in [6, 6.07) is 5.41. The highest BCUT2D eigenvalue weighted by Crippen LogP contribution is 2.32. The highest BCUT2D eigenvalue weighted by atomic mass is 32.2. The number of hydrogen-bond donors (Lipinski definition) is 1. The number of ether oxygens (including phenoxy) is 1. The number of sulfonamides is 1. The second-order valence-corrected chi connectivity index (χ2v) is 7.66. The first-order chi connectivity index (χ1) is 11.4. The molecule has 2 aromatic rings. The van der Waals surface area contributed by atoms with Crippen molar-refractivity contribution in [3.8, 4) is 0 Å². The van der Waals surface area contributed by atoms with Gasteiger partial charge in [0, 0.05) is 31.7 Å². The minimum absolute atomic E-state index is 0.0193. The maximum atomic E-state index is 13.1. The predicted octanol–water partition coefficient (Wildman–Crippen LogP) is 1.41. The van der Waals surface area contributed by atoms with Crippen LogP contribution in [-0.2, 0) is 19.6 Å². The minimum Gasteiger partial charge on any atom is -0.480 e. The summed E-state index contributed by atoms with van der Waals surface area (Å²) < 4.78 is 32.4. The zero-order chi connectivity index (χ0) is 17.5. The highest BCUT2D eigenvalue weighted by molar-refractivity contribution is 7.89. The SMILES string of the molecule is CO[C@@H]1C[C@@H](C(=O)O)N(S(=O)(=O)c2ccc(C)c3ncccc23)C1. The molecule has 2 heterocycles. The molecule has 1 aliphatic heterocycles. The Labute approximate surface area is 139 Å². The van der Waals surface area contributed by atoms with Crippen LogP contribution in [0.4, 0.5) is 0 Å². The van der Waals surface area contributed by atoms with Crippen molar-refractivity contribution in [3.63, 3.8) is 0 Å². The molecule has 0 unspecified atom stereocenters. The van der Waals surface area contributed by atoms with Crippen molar-refractivity contribution in [1.29, 1.82) is 0 Å². The maximum Gasteiger partial charge on any atom is 0.322 e. The lowest BCUT2D eigenvalue weighted by Gasteiger charge is -2.21. The van der Waals surface area contributed by atoms with E-state index >= 15 is 0 Å². The average Bonchev–Trinajstić information content (AvgIpc) is 3.01. The summed E-state index contributed by atoms with van der Waals surface area (Å²) in [5.41, 5.74) is 1.45. The molecule has 2 atom stereocenters. The Morgan fingerprint density at radius 2 is 2.12 bits per heavy atom. The fourth-order valence-electron chi connectivity index (χ4n) is 3.07. The monoisotopic (exact) mass is 350 g/mol. The van der Waals surface area contributed by atoms with Gasteiger partial charge in [0.25, 0.3) is 0 Å². The molecule has 1 N–H and O–H groups in total. The highest BCUT2D eigenvalue weighted by Gasteiger charge is 2.44. The van der Waals surface area contributed by atoms with E-state index in [9.17, 15) is 18.3 Å². The number of fused-ring (bicyclic) bond motifs is 1. The largest absolute Gasteiger partial charge is 0.480 e. The van der Waals surface area contributed by atoms with E-state index in [0.717, 1.165) is 9.87 Å². The summed E-state index contributed by atoms with van der Waals surface area (Å²) in [6.45, 7) is 1.87. The molecule has 0 radical (unpaired) electrons. The summed E-state index contributed by atoms with van der Waals surface area (Å²) >= 11 is 0. The summed E-state index contributed by atoms with van der Waals surface area (Å²) in [5.74, 6) is -1.17. The van der Waals surface area contributed by atoms with Gasteiger partial charge in [0.05, 0.1) is 16.5 Å². The van der Waals surface area contributed by atoms with Gasteiger partial charge in [-0.15, -0.1) is 0 Å². The maximum absolute atomic E-state index is 13.1. The number of aryl methyl sites for hydroxylation is 1. The van der Waals surface area contributed by atoms with Gasteiger partial charge in [0.2, 0.25) is 10.0 Å². The molecular weight excluding hydrogens is 332 g/mol. The lowest BCUT2D eigenvalue weighted by atomic mass is 10.1. The molecule has 0 aliphatic carbocycles. The van der Waals surface area contributed by atoms with Gasteiger partial charge in [0.1, 0.15) is 6.04 Å². The van der Waals surface area contributed by atoms with Crippen molar-refractivity contribution in [2.45, 2.75) is 30.4 Å². The fourth-order valence-corrected chi connectivity index (χ4v) is 4.88. The van der Waals surface area contributed by atoms with Gasteiger partial charge in [-0.25, -0.2) is 8.42 Å². The van der Waals surface area contributed by atoms with E-state index in [-0.39, 0.29) is 17.9 Å². The van der Waals surface area contributed by atoms with E-state index in [4.69, 9.17) is 4.74 Å². The van der Waals surface area contributed by atoms with Crippen LogP contribution in [-0.4, -0.2) is 54.6 Å². The van der Waals surface area contributed by atoms with E-state index in [0.29, 0.717) is 10.9 Å². The number of aliphatic carboxylic acids is 1. The molecule has 24 heavy (non-hydrogen) atoms. The van der Waals surface area contributed by atoms with Crippen LogP contribution in [0.3, 0.4) is 0 Å². The summed E-state index contributed by atoms with van der Waals surface area (Å²) in [7, 11) is -2.54. The van der Waals surface area contributed by atoms with Crippen LogP contribution in [0.25, 0.3) is 10.9 Å². The van der Waals surface area contributed by atoms with Crippen molar-refractivity contribution in [2.24, 2.45) is 0 Å². The summed E-state index contributed by atoms with van der Waals surface area (Å²) in [6.07, 6.45) is 1.30. The summed E-state index contributed by atoms with van der Waals surface area (Å²) in [5, 5.41) is 9.88. The third kappa shape index (κ3) is 2.66. The lowest BCUT2D eigenvalue weighted by Crippen LogP contribution is -2.40. The molecular formula is C16H18N2O5S. The predicted molar refractivity (Wildman–Crippen MR) is 87.2 cm³/mol. The first-order valence-electron chi connectivity index (χ1n) is 7.48. The molecule has 3 rings (SSSR count). The quantitative estimate of drug-likeness (QED) is 0.895. The third-order valence-electron chi connectivity index (χ3n) is 4.35. The number of rotatable bonds is 4. The van der Waals surface area contributed by atoms with Gasteiger partial charge in [-0.1, -0.05) is 6.07 Å². The number of benzene rings is 1. The summed E-state index contributed by atoms with van der Waals surface area (Å²) in [4.78, 5) is 15.8.